The Balaban J connectivity index is 1.61. The van der Waals surface area contributed by atoms with Crippen LogP contribution >= 0.6 is 0 Å². The number of halogens is 1. The Morgan fingerprint density at radius 3 is 2.59 bits per heavy atom. The summed E-state index contributed by atoms with van der Waals surface area (Å²) in [5, 5.41) is 7.71. The van der Waals surface area contributed by atoms with Gasteiger partial charge in [-0.25, -0.2) is 9.38 Å². The number of hydrogen-bond donors (Lipinski definition) is 4. The van der Waals surface area contributed by atoms with Crippen molar-refractivity contribution in [1.29, 1.82) is 0 Å². The first kappa shape index (κ1) is 18.1. The van der Waals surface area contributed by atoms with Crippen LogP contribution in [0.5, 0.6) is 0 Å². The second kappa shape index (κ2) is 8.09. The highest BCUT2D eigenvalue weighted by Gasteiger charge is 2.28. The molecule has 2 aromatic carbocycles. The third kappa shape index (κ3) is 4.88. The molecule has 0 saturated heterocycles. The Hall–Kier alpha value is -3.75. The van der Waals surface area contributed by atoms with Gasteiger partial charge < -0.3 is 16.4 Å². The van der Waals surface area contributed by atoms with Crippen molar-refractivity contribution in [3.63, 3.8) is 0 Å². The highest BCUT2D eigenvalue weighted by atomic mass is 19.1. The summed E-state index contributed by atoms with van der Waals surface area (Å²) < 4.78 is 13.6. The van der Waals surface area contributed by atoms with Crippen molar-refractivity contribution in [2.75, 3.05) is 10.6 Å². The van der Waals surface area contributed by atoms with Crippen molar-refractivity contribution in [2.24, 2.45) is 15.7 Å². The zero-order valence-electron chi connectivity index (χ0n) is 14.1. The van der Waals surface area contributed by atoms with Crippen molar-refractivity contribution >= 4 is 35.1 Å². The summed E-state index contributed by atoms with van der Waals surface area (Å²) in [6.45, 7) is 0. The van der Waals surface area contributed by atoms with Gasteiger partial charge in [0.05, 0.1) is 12.1 Å². The van der Waals surface area contributed by atoms with Crippen LogP contribution in [-0.2, 0) is 9.59 Å². The molecule has 1 aliphatic heterocycles. The number of aliphatic imine (C=N–C) groups is 2. The topological polar surface area (TPSA) is 121 Å². The second-order valence-electron chi connectivity index (χ2n) is 5.68. The number of carbonyl (C=O) groups is 2. The van der Waals surface area contributed by atoms with Crippen LogP contribution in [0.15, 0.2) is 64.6 Å². The number of anilines is 2. The first-order valence-corrected chi connectivity index (χ1v) is 8.10. The molecule has 1 atom stereocenters. The molecule has 0 spiro atoms. The number of guanidine groups is 2. The van der Waals surface area contributed by atoms with Crippen LogP contribution in [0.1, 0.15) is 6.42 Å². The molecule has 0 aromatic heterocycles. The van der Waals surface area contributed by atoms with Crippen LogP contribution in [0.3, 0.4) is 0 Å². The molecule has 1 heterocycles. The first-order valence-electron chi connectivity index (χ1n) is 8.10. The predicted molar refractivity (Wildman–Crippen MR) is 101 cm³/mol. The van der Waals surface area contributed by atoms with Gasteiger partial charge in [0.25, 0.3) is 5.91 Å². The van der Waals surface area contributed by atoms with Crippen LogP contribution in [0.25, 0.3) is 0 Å². The zero-order chi connectivity index (χ0) is 19.2. The van der Waals surface area contributed by atoms with E-state index in [2.05, 4.69) is 25.9 Å². The lowest BCUT2D eigenvalue weighted by Crippen LogP contribution is -2.32. The molecule has 2 aromatic rings. The minimum atomic E-state index is -0.958. The van der Waals surface area contributed by atoms with Crippen LogP contribution in [0, 0.1) is 5.82 Å². The normalized spacial score (nSPS) is 16.5. The van der Waals surface area contributed by atoms with Gasteiger partial charge in [-0.15, -0.1) is 0 Å². The highest BCUT2D eigenvalue weighted by Crippen LogP contribution is 2.14. The average Bonchev–Trinajstić information content (AvgIpc) is 2.96. The Labute approximate surface area is 154 Å². The number of amides is 2. The van der Waals surface area contributed by atoms with E-state index in [4.69, 9.17) is 5.73 Å². The van der Waals surface area contributed by atoms with Gasteiger partial charge in [0, 0.05) is 5.69 Å². The van der Waals surface area contributed by atoms with E-state index in [-0.39, 0.29) is 24.0 Å². The Bertz CT molecular complexity index is 913. The molecule has 27 heavy (non-hydrogen) atoms. The summed E-state index contributed by atoms with van der Waals surface area (Å²) >= 11 is 0. The number of para-hydroxylation sites is 2. The summed E-state index contributed by atoms with van der Waals surface area (Å²) in [7, 11) is 0. The fraction of sp³-hybridized carbons (Fsp3) is 0.111. The molecule has 9 heteroatoms. The standard InChI is InChI=1S/C18H17FN6O2/c19-12-8-4-5-9-13(12)22-15(26)10-14-16(27)24-18(23-14)25-17(20)21-11-6-2-1-3-7-11/h1-9,14H,10H2,(H,22,26)(H4,20,21,23,24,25,27)/t14-/m0/s1. The Morgan fingerprint density at radius 1 is 1.15 bits per heavy atom. The van der Waals surface area contributed by atoms with Crippen molar-refractivity contribution < 1.29 is 14.0 Å². The molecule has 8 nitrogen and oxygen atoms in total. The fourth-order valence-corrected chi connectivity index (χ4v) is 2.38. The van der Waals surface area contributed by atoms with Gasteiger partial charge in [-0.05, 0) is 24.3 Å². The minimum absolute atomic E-state index is 0.00428. The van der Waals surface area contributed by atoms with Gasteiger partial charge in [0.15, 0.2) is 0 Å². The number of nitrogens with one attached hydrogen (secondary N) is 3. The molecule has 0 radical (unpaired) electrons. The molecule has 0 bridgehead atoms. The van der Waals surface area contributed by atoms with Crippen LogP contribution < -0.4 is 21.7 Å². The van der Waals surface area contributed by atoms with E-state index in [1.807, 2.05) is 18.2 Å². The average molecular weight is 368 g/mol. The third-order valence-electron chi connectivity index (χ3n) is 3.62. The molecule has 138 valence electrons. The molecule has 5 N–H and O–H groups in total. The van der Waals surface area contributed by atoms with Crippen molar-refractivity contribution in [2.45, 2.75) is 12.5 Å². The van der Waals surface area contributed by atoms with Gasteiger partial charge in [-0.1, -0.05) is 30.3 Å². The predicted octanol–water partition coefficient (Wildman–Crippen LogP) is 1.44. The summed E-state index contributed by atoms with van der Waals surface area (Å²) in [5.41, 5.74) is 6.55. The smallest absolute Gasteiger partial charge is 0.252 e. The van der Waals surface area contributed by atoms with Crippen LogP contribution in [0.2, 0.25) is 0 Å². The van der Waals surface area contributed by atoms with Gasteiger partial charge in [0.1, 0.15) is 11.9 Å². The first-order chi connectivity index (χ1) is 13.0. The van der Waals surface area contributed by atoms with Crippen LogP contribution in [-0.4, -0.2) is 29.8 Å². The van der Waals surface area contributed by atoms with E-state index in [9.17, 15) is 14.0 Å². The van der Waals surface area contributed by atoms with Gasteiger partial charge in [0.2, 0.25) is 17.8 Å². The fourth-order valence-electron chi connectivity index (χ4n) is 2.38. The lowest BCUT2D eigenvalue weighted by molar-refractivity contribution is -0.123. The lowest BCUT2D eigenvalue weighted by Gasteiger charge is -2.07. The molecular formula is C18H17FN6O2. The van der Waals surface area contributed by atoms with Gasteiger partial charge >= 0.3 is 0 Å². The number of nitrogens with zero attached hydrogens (tertiary/aromatic N) is 2. The van der Waals surface area contributed by atoms with E-state index >= 15 is 0 Å². The maximum Gasteiger partial charge on any atom is 0.252 e. The number of carbonyl (C=O) groups excluding carboxylic acids is 2. The van der Waals surface area contributed by atoms with Gasteiger partial charge in [-0.2, -0.15) is 4.99 Å². The number of nitrogens with two attached hydrogens (primary N) is 1. The monoisotopic (exact) mass is 368 g/mol. The summed E-state index contributed by atoms with van der Waals surface area (Å²) in [6.07, 6.45) is -0.245. The van der Waals surface area contributed by atoms with Crippen LogP contribution in [0.4, 0.5) is 15.8 Å². The van der Waals surface area contributed by atoms with E-state index < -0.39 is 23.7 Å². The van der Waals surface area contributed by atoms with E-state index in [1.165, 1.54) is 18.2 Å². The SMILES string of the molecule is NC(=NC1=N[C@@H](CC(=O)Nc2ccccc2F)C(=O)N1)Nc1ccccc1. The summed E-state index contributed by atoms with van der Waals surface area (Å²) in [5.74, 6) is -1.54. The quantitative estimate of drug-likeness (QED) is 0.482. The maximum atomic E-state index is 13.6. The molecule has 3 rings (SSSR count). The van der Waals surface area contributed by atoms with Gasteiger partial charge in [-0.3, -0.25) is 14.9 Å². The zero-order valence-corrected chi connectivity index (χ0v) is 14.1. The van der Waals surface area contributed by atoms with E-state index in [0.29, 0.717) is 0 Å². The summed E-state index contributed by atoms with van der Waals surface area (Å²) in [6, 6.07) is 13.9. The van der Waals surface area contributed by atoms with Crippen molar-refractivity contribution in [3.05, 3.63) is 60.4 Å². The third-order valence-corrected chi connectivity index (χ3v) is 3.62. The number of hydrogen-bond acceptors (Lipinski definition) is 4. The summed E-state index contributed by atoms with van der Waals surface area (Å²) in [4.78, 5) is 32.0. The number of benzene rings is 2. The molecular weight excluding hydrogens is 351 g/mol. The molecule has 1 aliphatic rings. The maximum absolute atomic E-state index is 13.6. The van der Waals surface area contributed by atoms with E-state index in [1.54, 1.807) is 18.2 Å². The molecule has 2 amide bonds. The Kier molecular flexibility index (Phi) is 5.41. The van der Waals surface area contributed by atoms with E-state index in [0.717, 1.165) is 5.69 Å². The largest absolute Gasteiger partial charge is 0.369 e. The Morgan fingerprint density at radius 2 is 1.85 bits per heavy atom. The lowest BCUT2D eigenvalue weighted by atomic mass is 10.2. The van der Waals surface area contributed by atoms with Crippen molar-refractivity contribution in [3.8, 4) is 0 Å². The molecule has 0 unspecified atom stereocenters. The molecule has 0 fully saturated rings. The molecule has 0 saturated carbocycles. The highest BCUT2D eigenvalue weighted by molar-refractivity contribution is 6.11. The number of rotatable bonds is 4. The molecule has 0 aliphatic carbocycles. The minimum Gasteiger partial charge on any atom is -0.369 e. The second-order valence-corrected chi connectivity index (χ2v) is 5.68. The van der Waals surface area contributed by atoms with Crippen molar-refractivity contribution in [1.82, 2.24) is 5.32 Å².